The first-order chi connectivity index (χ1) is 9.43. The van der Waals surface area contributed by atoms with Gasteiger partial charge in [-0.25, -0.2) is 4.98 Å². The molecule has 3 nitrogen and oxygen atoms in total. The lowest BCUT2D eigenvalue weighted by Crippen LogP contribution is -1.86. The predicted octanol–water partition coefficient (Wildman–Crippen LogP) is 3.78. The highest BCUT2D eigenvalue weighted by molar-refractivity contribution is 6.10. The van der Waals surface area contributed by atoms with Crippen LogP contribution >= 0.6 is 0 Å². The molecule has 0 amide bonds. The Morgan fingerprint density at radius 1 is 0.947 bits per heavy atom. The van der Waals surface area contributed by atoms with E-state index in [1.807, 2.05) is 18.5 Å². The van der Waals surface area contributed by atoms with Gasteiger partial charge in [0.15, 0.2) is 0 Å². The third kappa shape index (κ3) is 1.52. The lowest BCUT2D eigenvalue weighted by Gasteiger charge is -2.06. The van der Waals surface area contributed by atoms with Gasteiger partial charge in [-0.2, -0.15) is 0 Å². The molecular weight excluding hydrogens is 234 g/mol. The van der Waals surface area contributed by atoms with E-state index in [2.05, 4.69) is 51.4 Å². The number of hydrogen-bond donors (Lipinski definition) is 1. The molecule has 4 aromatic rings. The fourth-order valence-corrected chi connectivity index (χ4v) is 2.52. The molecule has 0 unspecified atom stereocenters. The molecule has 0 saturated carbocycles. The van der Waals surface area contributed by atoms with Crippen molar-refractivity contribution in [1.29, 1.82) is 0 Å². The van der Waals surface area contributed by atoms with Crippen molar-refractivity contribution in [2.75, 3.05) is 0 Å². The normalized spacial score (nSPS) is 11.2. The molecular formula is C16H11N3. The summed E-state index contributed by atoms with van der Waals surface area (Å²) in [5.41, 5.74) is 4.46. The Morgan fingerprint density at radius 2 is 1.84 bits per heavy atom. The van der Waals surface area contributed by atoms with Crippen molar-refractivity contribution >= 4 is 21.8 Å². The molecule has 19 heavy (non-hydrogen) atoms. The largest absolute Gasteiger partial charge is 0.346 e. The summed E-state index contributed by atoms with van der Waals surface area (Å²) in [6, 6.07) is 14.6. The van der Waals surface area contributed by atoms with Crippen molar-refractivity contribution in [3.8, 4) is 11.1 Å². The summed E-state index contributed by atoms with van der Waals surface area (Å²) >= 11 is 0. The molecule has 0 aliphatic carbocycles. The Bertz CT molecular complexity index is 863. The van der Waals surface area contributed by atoms with Crippen LogP contribution in [0.15, 0.2) is 61.2 Å². The van der Waals surface area contributed by atoms with Crippen LogP contribution < -0.4 is 0 Å². The van der Waals surface area contributed by atoms with E-state index in [0.717, 1.165) is 16.4 Å². The highest BCUT2D eigenvalue weighted by Gasteiger charge is 2.09. The number of aromatic nitrogens is 3. The fraction of sp³-hybridized carbons (Fsp3) is 0. The van der Waals surface area contributed by atoms with Crippen molar-refractivity contribution in [2.45, 2.75) is 0 Å². The second kappa shape index (κ2) is 3.92. The van der Waals surface area contributed by atoms with E-state index in [1.165, 1.54) is 16.5 Å². The Balaban J connectivity index is 2.17. The first kappa shape index (κ1) is 10.3. The minimum atomic E-state index is 1.00. The van der Waals surface area contributed by atoms with Crippen molar-refractivity contribution in [3.63, 3.8) is 0 Å². The van der Waals surface area contributed by atoms with E-state index in [0.29, 0.717) is 0 Å². The molecule has 0 atom stereocenters. The van der Waals surface area contributed by atoms with Gasteiger partial charge >= 0.3 is 0 Å². The molecule has 1 N–H and O–H groups in total. The van der Waals surface area contributed by atoms with Gasteiger partial charge in [0.1, 0.15) is 0 Å². The van der Waals surface area contributed by atoms with E-state index >= 15 is 0 Å². The number of H-pyrrole nitrogens is 1. The van der Waals surface area contributed by atoms with Crippen LogP contribution in [0.4, 0.5) is 0 Å². The van der Waals surface area contributed by atoms with Gasteiger partial charge < -0.3 is 4.98 Å². The predicted molar refractivity (Wildman–Crippen MR) is 76.8 cm³/mol. The Labute approximate surface area is 110 Å². The second-order valence-corrected chi connectivity index (χ2v) is 4.51. The molecule has 2 aromatic carbocycles. The summed E-state index contributed by atoms with van der Waals surface area (Å²) in [6.07, 6.45) is 5.41. The molecule has 4 rings (SSSR count). The van der Waals surface area contributed by atoms with E-state index in [-0.39, 0.29) is 0 Å². The highest BCUT2D eigenvalue weighted by atomic mass is 14.8. The number of hydrogen-bond acceptors (Lipinski definition) is 2. The summed E-state index contributed by atoms with van der Waals surface area (Å²) < 4.78 is 0. The summed E-state index contributed by atoms with van der Waals surface area (Å²) in [5.74, 6) is 0. The molecule has 90 valence electrons. The van der Waals surface area contributed by atoms with Gasteiger partial charge in [-0.05, 0) is 23.3 Å². The van der Waals surface area contributed by atoms with Gasteiger partial charge in [-0.1, -0.05) is 30.3 Å². The minimum Gasteiger partial charge on any atom is -0.346 e. The molecule has 3 heteroatoms. The molecule has 0 radical (unpaired) electrons. The maximum atomic E-state index is 4.47. The number of benzene rings is 2. The number of nitrogens with one attached hydrogen (secondary N) is 1. The van der Waals surface area contributed by atoms with Gasteiger partial charge in [0.25, 0.3) is 0 Å². The van der Waals surface area contributed by atoms with Gasteiger partial charge in [0.2, 0.25) is 0 Å². The number of fused-ring (bicyclic) bond motifs is 3. The third-order valence-corrected chi connectivity index (χ3v) is 3.41. The maximum Gasteiger partial charge on any atom is 0.0923 e. The van der Waals surface area contributed by atoms with Crippen LogP contribution in [0.3, 0.4) is 0 Å². The topological polar surface area (TPSA) is 41.6 Å². The average molecular weight is 245 g/mol. The smallest absolute Gasteiger partial charge is 0.0923 e. The van der Waals surface area contributed by atoms with Gasteiger partial charge in [-0.15, -0.1) is 0 Å². The van der Waals surface area contributed by atoms with Crippen LogP contribution in [0.1, 0.15) is 0 Å². The molecule has 2 aromatic heterocycles. The summed E-state index contributed by atoms with van der Waals surface area (Å²) in [7, 11) is 0. The summed E-state index contributed by atoms with van der Waals surface area (Å²) in [5, 5.41) is 2.22. The van der Waals surface area contributed by atoms with Gasteiger partial charge in [-0.3, -0.25) is 4.98 Å². The summed E-state index contributed by atoms with van der Waals surface area (Å²) in [4.78, 5) is 11.8. The van der Waals surface area contributed by atoms with Crippen LogP contribution in [-0.4, -0.2) is 15.0 Å². The van der Waals surface area contributed by atoms with E-state index in [9.17, 15) is 0 Å². The lowest BCUT2D eigenvalue weighted by molar-refractivity contribution is 1.22. The standard InChI is InChI=1S/C16H11N3/c1-2-4-11(5-3-1)13-8-15-14(9-17-10-19-15)16-12(13)6-7-18-16/h1-10H,(H,17,19). The van der Waals surface area contributed by atoms with Crippen LogP contribution in [0.5, 0.6) is 0 Å². The van der Waals surface area contributed by atoms with Crippen molar-refractivity contribution in [3.05, 3.63) is 61.2 Å². The highest BCUT2D eigenvalue weighted by Crippen LogP contribution is 2.32. The monoisotopic (exact) mass is 245 g/mol. The van der Waals surface area contributed by atoms with Gasteiger partial charge in [0.05, 0.1) is 17.4 Å². The maximum absolute atomic E-state index is 4.47. The first-order valence-corrected chi connectivity index (χ1v) is 6.19. The Morgan fingerprint density at radius 3 is 2.74 bits per heavy atom. The molecule has 0 fully saturated rings. The van der Waals surface area contributed by atoms with E-state index < -0.39 is 0 Å². The molecule has 0 aliphatic heterocycles. The zero-order valence-electron chi connectivity index (χ0n) is 10.2. The van der Waals surface area contributed by atoms with Crippen LogP contribution in [-0.2, 0) is 0 Å². The summed E-state index contributed by atoms with van der Waals surface area (Å²) in [6.45, 7) is 0. The van der Waals surface area contributed by atoms with Crippen LogP contribution in [0.2, 0.25) is 0 Å². The first-order valence-electron chi connectivity index (χ1n) is 6.19. The zero-order valence-corrected chi connectivity index (χ0v) is 10.2. The average Bonchev–Trinajstić information content (AvgIpc) is 2.97. The molecule has 0 spiro atoms. The number of aromatic amines is 1. The zero-order chi connectivity index (χ0) is 12.7. The van der Waals surface area contributed by atoms with E-state index in [1.54, 1.807) is 6.33 Å². The Hall–Kier alpha value is -2.68. The molecule has 0 aliphatic rings. The van der Waals surface area contributed by atoms with Gasteiger partial charge in [0, 0.05) is 23.2 Å². The second-order valence-electron chi connectivity index (χ2n) is 4.51. The fourth-order valence-electron chi connectivity index (χ4n) is 2.52. The molecule has 2 heterocycles. The van der Waals surface area contributed by atoms with Crippen molar-refractivity contribution in [1.82, 2.24) is 15.0 Å². The minimum absolute atomic E-state index is 1.00. The lowest BCUT2D eigenvalue weighted by atomic mass is 10.00. The molecule has 0 bridgehead atoms. The molecule has 0 saturated heterocycles. The number of nitrogens with zero attached hydrogens (tertiary/aromatic N) is 2. The van der Waals surface area contributed by atoms with Crippen molar-refractivity contribution in [2.24, 2.45) is 0 Å². The van der Waals surface area contributed by atoms with E-state index in [4.69, 9.17) is 0 Å². The van der Waals surface area contributed by atoms with Crippen LogP contribution in [0, 0.1) is 0 Å². The third-order valence-electron chi connectivity index (χ3n) is 3.41. The quantitative estimate of drug-likeness (QED) is 0.554. The number of rotatable bonds is 1. The van der Waals surface area contributed by atoms with Crippen molar-refractivity contribution < 1.29 is 0 Å². The Kier molecular flexibility index (Phi) is 2.12. The SMILES string of the molecule is c1ccc(-c2cc3[nH]cncc3c3nccc23)cc1. The van der Waals surface area contributed by atoms with Crippen LogP contribution in [0.25, 0.3) is 32.9 Å².